The maximum Gasteiger partial charge on any atom is 0.230 e. The number of rotatable bonds is 7. The van der Waals surface area contributed by atoms with Gasteiger partial charge in [-0.25, -0.2) is 9.97 Å². The minimum Gasteiger partial charge on any atom is -0.319 e. The molecule has 4 rings (SSSR count). The zero-order valence-corrected chi connectivity index (χ0v) is 21.4. The van der Waals surface area contributed by atoms with Crippen LogP contribution in [0.15, 0.2) is 77.8 Å². The first kappa shape index (κ1) is 24.1. The highest BCUT2D eigenvalue weighted by molar-refractivity contribution is 8.19. The third kappa shape index (κ3) is 5.52. The molecule has 0 saturated carbocycles. The van der Waals surface area contributed by atoms with Crippen molar-refractivity contribution in [3.05, 3.63) is 89.3 Å². The summed E-state index contributed by atoms with van der Waals surface area (Å²) in [7, 11) is -3.44. The fourth-order valence-electron chi connectivity index (χ4n) is 3.50. The van der Waals surface area contributed by atoms with Crippen molar-refractivity contribution in [2.45, 2.75) is 18.2 Å². The van der Waals surface area contributed by atoms with Crippen LogP contribution in [0.1, 0.15) is 11.3 Å². The van der Waals surface area contributed by atoms with E-state index in [1.807, 2.05) is 73.7 Å². The van der Waals surface area contributed by atoms with Crippen LogP contribution < -0.4 is 10.0 Å². The van der Waals surface area contributed by atoms with Gasteiger partial charge >= 0.3 is 0 Å². The number of amides is 1. The molecule has 34 heavy (non-hydrogen) atoms. The topological polar surface area (TPSA) is 84.0 Å². The molecular formula is C25H25ClN4O2S2. The van der Waals surface area contributed by atoms with Gasteiger partial charge in [0.1, 0.15) is 0 Å². The number of carbonyl (C=O) groups is 1. The molecule has 176 valence electrons. The molecule has 6 nitrogen and oxygen atoms in total. The van der Waals surface area contributed by atoms with Gasteiger partial charge in [-0.3, -0.25) is 9.00 Å². The lowest BCUT2D eigenvalue weighted by atomic mass is 10.1. The number of thiazole rings is 1. The minimum absolute atomic E-state index is 0.134. The van der Waals surface area contributed by atoms with E-state index in [0.29, 0.717) is 15.7 Å². The highest BCUT2D eigenvalue weighted by atomic mass is 35.5. The van der Waals surface area contributed by atoms with Gasteiger partial charge in [0, 0.05) is 29.2 Å². The van der Waals surface area contributed by atoms with Crippen molar-refractivity contribution in [2.24, 2.45) is 0 Å². The van der Waals surface area contributed by atoms with E-state index < -0.39 is 9.25 Å². The van der Waals surface area contributed by atoms with Crippen LogP contribution in [0.4, 0.5) is 10.8 Å². The molecule has 0 atom stereocenters. The summed E-state index contributed by atoms with van der Waals surface area (Å²) < 4.78 is 17.0. The van der Waals surface area contributed by atoms with Crippen molar-refractivity contribution >= 4 is 48.9 Å². The largest absolute Gasteiger partial charge is 0.319 e. The van der Waals surface area contributed by atoms with E-state index in [4.69, 9.17) is 11.6 Å². The molecule has 2 N–H and O–H groups in total. The predicted octanol–water partition coefficient (Wildman–Crippen LogP) is 5.81. The maximum atomic E-state index is 13.8. The normalized spacial score (nSPS) is 12.5. The van der Waals surface area contributed by atoms with Gasteiger partial charge in [0.05, 0.1) is 22.7 Å². The quantitative estimate of drug-likeness (QED) is 0.306. The Kier molecular flexibility index (Phi) is 6.58. The third-order valence-corrected chi connectivity index (χ3v) is 9.07. The first-order chi connectivity index (χ1) is 16.1. The lowest BCUT2D eigenvalue weighted by Crippen LogP contribution is -2.38. The summed E-state index contributed by atoms with van der Waals surface area (Å²) in [5.74, 6) is -0.134. The molecule has 2 aromatic heterocycles. The van der Waals surface area contributed by atoms with E-state index in [-0.39, 0.29) is 17.5 Å². The molecule has 0 radical (unpaired) electrons. The highest BCUT2D eigenvalue weighted by Gasteiger charge is 2.28. The number of hydrogen-bond donors (Lipinski definition) is 2. The van der Waals surface area contributed by atoms with Crippen LogP contribution in [-0.4, -0.2) is 32.6 Å². The Morgan fingerprint density at radius 2 is 1.71 bits per heavy atom. The van der Waals surface area contributed by atoms with Gasteiger partial charge in [-0.1, -0.05) is 71.5 Å². The smallest absolute Gasteiger partial charge is 0.230 e. The number of halogens is 1. The summed E-state index contributed by atoms with van der Waals surface area (Å²) in [5.41, 5.74) is 2.92. The fourth-order valence-corrected chi connectivity index (χ4v) is 6.53. The second-order valence-electron chi connectivity index (χ2n) is 8.45. The Morgan fingerprint density at radius 1 is 1.06 bits per heavy atom. The Hall–Kier alpha value is -3.07. The number of aromatic nitrogens is 2. The summed E-state index contributed by atoms with van der Waals surface area (Å²) in [4.78, 5) is 22.8. The molecule has 9 heteroatoms. The Bertz CT molecular complexity index is 1400. The molecule has 1 amide bonds. The van der Waals surface area contributed by atoms with Gasteiger partial charge < -0.3 is 10.0 Å². The van der Waals surface area contributed by atoms with E-state index in [1.165, 1.54) is 11.3 Å². The molecule has 0 bridgehead atoms. The Morgan fingerprint density at radius 3 is 2.38 bits per heavy atom. The van der Waals surface area contributed by atoms with Gasteiger partial charge in [0.15, 0.2) is 10.3 Å². The number of carbonyl (C=O) groups excluding carboxylic acids is 1. The Balaban J connectivity index is 1.58. The molecule has 2 heterocycles. The predicted molar refractivity (Wildman–Crippen MR) is 142 cm³/mol. The molecule has 0 aliphatic heterocycles. The van der Waals surface area contributed by atoms with Crippen molar-refractivity contribution in [1.29, 1.82) is 0 Å². The number of nitrogens with zero attached hydrogens (tertiary/aromatic N) is 2. The number of aryl methyl sites for hydroxylation is 1. The van der Waals surface area contributed by atoms with E-state index in [2.05, 4.69) is 20.0 Å². The van der Waals surface area contributed by atoms with Crippen LogP contribution in [0, 0.1) is 6.92 Å². The summed E-state index contributed by atoms with van der Waals surface area (Å²) >= 11 is 7.72. The van der Waals surface area contributed by atoms with E-state index >= 15 is 0 Å². The first-order valence-corrected chi connectivity index (χ1v) is 14.5. The standard InChI is InChI=1S/C25H25ClN4O2S2/c1-17-23(33-25(28-17)29-22(31)14-18-10-6-4-7-11-18)19-15-21(24(26)27-16-19)30-34(2,3,32)20-12-8-5-9-13-20/h4-13,15-16H,14H2,1-3H3,(H,30,32)(H,28,29,31). The summed E-state index contributed by atoms with van der Waals surface area (Å²) in [6, 6.07) is 20.6. The van der Waals surface area contributed by atoms with Crippen LogP contribution in [0.25, 0.3) is 10.4 Å². The van der Waals surface area contributed by atoms with Crippen LogP contribution in [0.2, 0.25) is 5.15 Å². The number of pyridine rings is 1. The first-order valence-electron chi connectivity index (χ1n) is 10.5. The van der Waals surface area contributed by atoms with Crippen molar-refractivity contribution in [1.82, 2.24) is 9.97 Å². The monoisotopic (exact) mass is 512 g/mol. The van der Waals surface area contributed by atoms with Gasteiger partial charge in [-0.05, 0) is 39.9 Å². The molecule has 0 unspecified atom stereocenters. The van der Waals surface area contributed by atoms with E-state index in [1.54, 1.807) is 18.7 Å². The summed E-state index contributed by atoms with van der Waals surface area (Å²) in [5, 5.41) is 3.61. The van der Waals surface area contributed by atoms with Crippen molar-refractivity contribution in [3.63, 3.8) is 0 Å². The zero-order valence-electron chi connectivity index (χ0n) is 19.0. The van der Waals surface area contributed by atoms with E-state index in [9.17, 15) is 9.00 Å². The maximum absolute atomic E-state index is 13.8. The number of hydrogen-bond acceptors (Lipinski definition) is 5. The van der Waals surface area contributed by atoms with E-state index in [0.717, 1.165) is 21.7 Å². The molecule has 0 aliphatic carbocycles. The average molecular weight is 513 g/mol. The molecule has 0 spiro atoms. The fraction of sp³-hybridized carbons (Fsp3) is 0.160. The van der Waals surface area contributed by atoms with Gasteiger partial charge in [-0.15, -0.1) is 0 Å². The molecule has 4 aromatic rings. The average Bonchev–Trinajstić information content (AvgIpc) is 3.15. The van der Waals surface area contributed by atoms with Crippen molar-refractivity contribution < 1.29 is 9.00 Å². The van der Waals surface area contributed by atoms with Crippen LogP contribution >= 0.6 is 22.9 Å². The van der Waals surface area contributed by atoms with Crippen LogP contribution in [0.3, 0.4) is 0 Å². The minimum atomic E-state index is -3.44. The molecule has 0 fully saturated rings. The third-order valence-electron chi connectivity index (χ3n) is 5.19. The van der Waals surface area contributed by atoms with Crippen molar-refractivity contribution in [3.8, 4) is 10.4 Å². The summed E-state index contributed by atoms with van der Waals surface area (Å²) in [6.07, 6.45) is 5.27. The molecular weight excluding hydrogens is 488 g/mol. The van der Waals surface area contributed by atoms with Gasteiger partial charge in [-0.2, -0.15) is 0 Å². The molecule has 0 aliphatic rings. The van der Waals surface area contributed by atoms with Gasteiger partial charge in [0.25, 0.3) is 0 Å². The molecule has 2 aromatic carbocycles. The lowest BCUT2D eigenvalue weighted by molar-refractivity contribution is -0.115. The second-order valence-corrected chi connectivity index (χ2v) is 14.1. The molecule has 0 saturated heterocycles. The van der Waals surface area contributed by atoms with Gasteiger partial charge in [0.2, 0.25) is 5.91 Å². The van der Waals surface area contributed by atoms with Crippen LogP contribution in [0.5, 0.6) is 0 Å². The zero-order chi connectivity index (χ0) is 24.4. The summed E-state index contributed by atoms with van der Waals surface area (Å²) in [6.45, 7) is 1.87. The lowest BCUT2D eigenvalue weighted by Gasteiger charge is -2.36. The number of benzene rings is 2. The number of anilines is 2. The van der Waals surface area contributed by atoms with Crippen LogP contribution in [-0.2, 0) is 20.5 Å². The van der Waals surface area contributed by atoms with Crippen molar-refractivity contribution in [2.75, 3.05) is 22.6 Å². The highest BCUT2D eigenvalue weighted by Crippen LogP contribution is 2.38. The number of nitrogens with one attached hydrogen (secondary N) is 2. The Labute approximate surface area is 208 Å². The SMILES string of the molecule is Cc1nc(NC(=O)Cc2ccccc2)sc1-c1cnc(Cl)c(NS(C)(C)(=O)c2ccccc2)c1. The second kappa shape index (κ2) is 9.29.